The number of carboxylic acid groups (broad SMARTS) is 2. The van der Waals surface area contributed by atoms with Gasteiger partial charge in [0.15, 0.2) is 5.79 Å². The van der Waals surface area contributed by atoms with Gasteiger partial charge in [0.05, 0.1) is 6.42 Å². The first-order valence-electron chi connectivity index (χ1n) is 4.22. The van der Waals surface area contributed by atoms with Crippen LogP contribution in [0.4, 0.5) is 0 Å². The lowest BCUT2D eigenvalue weighted by Crippen LogP contribution is -2.44. The summed E-state index contributed by atoms with van der Waals surface area (Å²) < 4.78 is 0. The quantitative estimate of drug-likeness (QED) is 0.444. The van der Waals surface area contributed by atoms with Crippen molar-refractivity contribution in [3.8, 4) is 0 Å². The minimum Gasteiger partial charge on any atom is -0.481 e. The second-order valence-corrected chi connectivity index (χ2v) is 3.60. The van der Waals surface area contributed by atoms with Gasteiger partial charge in [-0.05, 0) is 12.8 Å². The number of hydrogen-bond acceptors (Lipinski definition) is 4. The lowest BCUT2D eigenvalue weighted by molar-refractivity contribution is -0.224. The van der Waals surface area contributed by atoms with Gasteiger partial charge in [-0.15, -0.1) is 0 Å². The molecule has 0 amide bonds. The maximum atomic E-state index is 10.7. The van der Waals surface area contributed by atoms with Gasteiger partial charge in [0.1, 0.15) is 5.41 Å². The zero-order chi connectivity index (χ0) is 11.0. The smallest absolute Gasteiger partial charge is 0.315 e. The van der Waals surface area contributed by atoms with Crippen LogP contribution in [-0.2, 0) is 9.59 Å². The summed E-state index contributed by atoms with van der Waals surface area (Å²) in [7, 11) is 0. The Morgan fingerprint density at radius 3 is 2.00 bits per heavy atom. The lowest BCUT2D eigenvalue weighted by Gasteiger charge is -2.27. The molecule has 1 aliphatic carbocycles. The van der Waals surface area contributed by atoms with Gasteiger partial charge in [-0.2, -0.15) is 0 Å². The predicted molar refractivity (Wildman–Crippen MR) is 43.3 cm³/mol. The van der Waals surface area contributed by atoms with Crippen LogP contribution in [0.1, 0.15) is 25.7 Å². The zero-order valence-electron chi connectivity index (χ0n) is 7.43. The van der Waals surface area contributed by atoms with Crippen LogP contribution in [0.15, 0.2) is 0 Å². The molecule has 1 rings (SSSR count). The van der Waals surface area contributed by atoms with E-state index in [4.69, 9.17) is 10.2 Å². The molecule has 0 bridgehead atoms. The van der Waals surface area contributed by atoms with E-state index in [9.17, 15) is 19.8 Å². The third-order valence-corrected chi connectivity index (χ3v) is 2.61. The second-order valence-electron chi connectivity index (χ2n) is 3.60. The summed E-state index contributed by atoms with van der Waals surface area (Å²) in [6.07, 6.45) is -0.569. The summed E-state index contributed by atoms with van der Waals surface area (Å²) in [4.78, 5) is 20.9. The van der Waals surface area contributed by atoms with Gasteiger partial charge in [-0.25, -0.2) is 0 Å². The highest BCUT2D eigenvalue weighted by Crippen LogP contribution is 2.54. The average molecular weight is 204 g/mol. The molecule has 0 saturated heterocycles. The van der Waals surface area contributed by atoms with E-state index in [-0.39, 0.29) is 12.8 Å². The molecule has 0 radical (unpaired) electrons. The summed E-state index contributed by atoms with van der Waals surface area (Å²) in [5, 5.41) is 35.9. The van der Waals surface area contributed by atoms with Crippen molar-refractivity contribution in [3.63, 3.8) is 0 Å². The van der Waals surface area contributed by atoms with Gasteiger partial charge < -0.3 is 20.4 Å². The zero-order valence-corrected chi connectivity index (χ0v) is 7.43. The van der Waals surface area contributed by atoms with Gasteiger partial charge >= 0.3 is 11.9 Å². The summed E-state index contributed by atoms with van der Waals surface area (Å²) in [5.41, 5.74) is -1.55. The Bertz CT molecular complexity index is 265. The fourth-order valence-corrected chi connectivity index (χ4v) is 1.43. The molecule has 1 saturated carbocycles. The van der Waals surface area contributed by atoms with E-state index in [2.05, 4.69) is 0 Å². The highest BCUT2D eigenvalue weighted by molar-refractivity contribution is 5.79. The molecule has 14 heavy (non-hydrogen) atoms. The largest absolute Gasteiger partial charge is 0.481 e. The summed E-state index contributed by atoms with van der Waals surface area (Å²) in [5.74, 6) is -4.89. The minimum atomic E-state index is -2.42. The Kier molecular flexibility index (Phi) is 2.51. The Labute approximate surface area is 79.8 Å². The maximum Gasteiger partial charge on any atom is 0.315 e. The van der Waals surface area contributed by atoms with Crippen molar-refractivity contribution in [2.24, 2.45) is 5.41 Å². The van der Waals surface area contributed by atoms with Crippen molar-refractivity contribution in [2.45, 2.75) is 31.5 Å². The molecule has 0 unspecified atom stereocenters. The van der Waals surface area contributed by atoms with Crippen molar-refractivity contribution >= 4 is 11.9 Å². The van der Waals surface area contributed by atoms with Crippen LogP contribution in [0.2, 0.25) is 0 Å². The molecule has 1 aliphatic rings. The van der Waals surface area contributed by atoms with E-state index in [1.54, 1.807) is 0 Å². The van der Waals surface area contributed by atoms with Crippen LogP contribution in [0.5, 0.6) is 0 Å². The van der Waals surface area contributed by atoms with Crippen LogP contribution in [0, 0.1) is 5.41 Å². The molecule has 0 heterocycles. The molecule has 80 valence electrons. The minimum absolute atomic E-state index is 0.176. The molecule has 0 atom stereocenters. The summed E-state index contributed by atoms with van der Waals surface area (Å²) in [6, 6.07) is 0. The van der Waals surface area contributed by atoms with Gasteiger partial charge in [-0.1, -0.05) is 0 Å². The first kappa shape index (κ1) is 10.9. The topological polar surface area (TPSA) is 115 Å². The van der Waals surface area contributed by atoms with Crippen LogP contribution in [0.3, 0.4) is 0 Å². The van der Waals surface area contributed by atoms with E-state index < -0.39 is 36.0 Å². The van der Waals surface area contributed by atoms with Gasteiger partial charge in [-0.3, -0.25) is 9.59 Å². The maximum absolute atomic E-state index is 10.7. The van der Waals surface area contributed by atoms with Crippen molar-refractivity contribution in [1.82, 2.24) is 0 Å². The van der Waals surface area contributed by atoms with Crippen molar-refractivity contribution in [1.29, 1.82) is 0 Å². The molecule has 6 nitrogen and oxygen atoms in total. The number of carboxylic acids is 2. The molecule has 0 aliphatic heterocycles. The average Bonchev–Trinajstić information content (AvgIpc) is 2.80. The molecule has 0 aromatic heterocycles. The number of hydrogen-bond donors (Lipinski definition) is 4. The fraction of sp³-hybridized carbons (Fsp3) is 0.750. The molecular weight excluding hydrogens is 192 g/mol. The molecule has 4 N–H and O–H groups in total. The van der Waals surface area contributed by atoms with E-state index in [1.165, 1.54) is 0 Å². The Hall–Kier alpha value is -1.14. The highest BCUT2D eigenvalue weighted by Gasteiger charge is 2.64. The number of aliphatic hydroxyl groups is 2. The summed E-state index contributed by atoms with van der Waals surface area (Å²) in [6.45, 7) is 0. The lowest BCUT2D eigenvalue weighted by atomic mass is 9.91. The number of aliphatic carboxylic acids is 2. The molecule has 0 aromatic rings. The molecular formula is C8H12O6. The van der Waals surface area contributed by atoms with Crippen LogP contribution in [0.25, 0.3) is 0 Å². The second kappa shape index (κ2) is 3.21. The van der Waals surface area contributed by atoms with Crippen LogP contribution >= 0.6 is 0 Å². The molecule has 0 aromatic carbocycles. The van der Waals surface area contributed by atoms with E-state index >= 15 is 0 Å². The Morgan fingerprint density at radius 2 is 1.71 bits per heavy atom. The molecule has 0 spiro atoms. The van der Waals surface area contributed by atoms with Crippen molar-refractivity contribution < 1.29 is 30.0 Å². The Balaban J connectivity index is 2.65. The highest BCUT2D eigenvalue weighted by atomic mass is 16.5. The van der Waals surface area contributed by atoms with Crippen LogP contribution < -0.4 is 0 Å². The SMILES string of the molecule is O=C(O)CCC(O)(O)C1(C(=O)O)CC1. The number of rotatable bonds is 5. The van der Waals surface area contributed by atoms with Gasteiger partial charge in [0, 0.05) is 6.42 Å². The third-order valence-electron chi connectivity index (χ3n) is 2.61. The first-order valence-corrected chi connectivity index (χ1v) is 4.22. The van der Waals surface area contributed by atoms with E-state index in [1.807, 2.05) is 0 Å². The van der Waals surface area contributed by atoms with Crippen molar-refractivity contribution in [2.75, 3.05) is 0 Å². The Morgan fingerprint density at radius 1 is 1.21 bits per heavy atom. The van der Waals surface area contributed by atoms with E-state index in [0.29, 0.717) is 0 Å². The molecule has 6 heteroatoms. The standard InChI is InChI=1S/C8H12O6/c9-5(10)1-2-8(13,14)7(3-4-7)6(11)12/h13-14H,1-4H2,(H,9,10)(H,11,12). The van der Waals surface area contributed by atoms with Gasteiger partial charge in [0.2, 0.25) is 0 Å². The first-order chi connectivity index (χ1) is 6.32. The van der Waals surface area contributed by atoms with Gasteiger partial charge in [0.25, 0.3) is 0 Å². The normalized spacial score (nSPS) is 19.0. The van der Waals surface area contributed by atoms with Crippen LogP contribution in [-0.4, -0.2) is 38.2 Å². The predicted octanol–water partition coefficient (Wildman–Crippen LogP) is -0.603. The van der Waals surface area contributed by atoms with Crippen molar-refractivity contribution in [3.05, 3.63) is 0 Å². The fourth-order valence-electron chi connectivity index (χ4n) is 1.43. The third kappa shape index (κ3) is 1.71. The summed E-state index contributed by atoms with van der Waals surface area (Å²) >= 11 is 0. The monoisotopic (exact) mass is 204 g/mol. The molecule has 1 fully saturated rings. The van der Waals surface area contributed by atoms with E-state index in [0.717, 1.165) is 0 Å². The number of carbonyl (C=O) groups is 2.